The lowest BCUT2D eigenvalue weighted by molar-refractivity contribution is -0.124. The molecule has 2 aromatic carbocycles. The first kappa shape index (κ1) is 20.0. The molecule has 2 aromatic rings. The number of rotatable bonds is 5. The molecular formula is C21H24ClNO3. The SMILES string of the molecule is C[C@@H](NC(=O)COC(=O)c1ccc(C(C)(C)C)cc1)c1cccc(Cl)c1. The van der Waals surface area contributed by atoms with Gasteiger partial charge in [-0.05, 0) is 47.7 Å². The molecule has 0 aliphatic rings. The number of carbonyl (C=O) groups is 2. The van der Waals surface area contributed by atoms with E-state index in [-0.39, 0.29) is 24.0 Å². The van der Waals surface area contributed by atoms with Crippen LogP contribution in [0.1, 0.15) is 55.2 Å². The van der Waals surface area contributed by atoms with Crippen LogP contribution >= 0.6 is 11.6 Å². The maximum absolute atomic E-state index is 12.1. The summed E-state index contributed by atoms with van der Waals surface area (Å²) in [7, 11) is 0. The maximum Gasteiger partial charge on any atom is 0.338 e. The number of carbonyl (C=O) groups excluding carboxylic acids is 2. The Morgan fingerprint density at radius 2 is 1.77 bits per heavy atom. The molecule has 0 aromatic heterocycles. The molecule has 138 valence electrons. The Morgan fingerprint density at radius 1 is 1.12 bits per heavy atom. The van der Waals surface area contributed by atoms with Crippen molar-refractivity contribution in [2.24, 2.45) is 0 Å². The largest absolute Gasteiger partial charge is 0.452 e. The summed E-state index contributed by atoms with van der Waals surface area (Å²) in [5, 5.41) is 3.39. The summed E-state index contributed by atoms with van der Waals surface area (Å²) in [4.78, 5) is 24.1. The third-order valence-corrected chi connectivity index (χ3v) is 4.28. The monoisotopic (exact) mass is 373 g/mol. The molecule has 5 heteroatoms. The van der Waals surface area contributed by atoms with Crippen LogP contribution in [-0.4, -0.2) is 18.5 Å². The van der Waals surface area contributed by atoms with Gasteiger partial charge in [0.25, 0.3) is 5.91 Å². The van der Waals surface area contributed by atoms with Gasteiger partial charge in [-0.15, -0.1) is 0 Å². The molecule has 26 heavy (non-hydrogen) atoms. The van der Waals surface area contributed by atoms with Crippen LogP contribution in [0.2, 0.25) is 5.02 Å². The van der Waals surface area contributed by atoms with E-state index in [4.69, 9.17) is 16.3 Å². The van der Waals surface area contributed by atoms with Crippen LogP contribution in [0.5, 0.6) is 0 Å². The van der Waals surface area contributed by atoms with Gasteiger partial charge in [-0.2, -0.15) is 0 Å². The van der Waals surface area contributed by atoms with Crippen molar-refractivity contribution in [3.8, 4) is 0 Å². The molecule has 0 aliphatic carbocycles. The van der Waals surface area contributed by atoms with E-state index in [1.165, 1.54) is 0 Å². The van der Waals surface area contributed by atoms with Gasteiger partial charge in [0.2, 0.25) is 0 Å². The molecule has 1 amide bonds. The van der Waals surface area contributed by atoms with Crippen molar-refractivity contribution in [2.45, 2.75) is 39.2 Å². The van der Waals surface area contributed by atoms with Crippen molar-refractivity contribution < 1.29 is 14.3 Å². The van der Waals surface area contributed by atoms with Crippen LogP contribution in [0.15, 0.2) is 48.5 Å². The average molecular weight is 374 g/mol. The predicted molar refractivity (Wildman–Crippen MR) is 103 cm³/mol. The average Bonchev–Trinajstić information content (AvgIpc) is 2.59. The van der Waals surface area contributed by atoms with E-state index in [9.17, 15) is 9.59 Å². The molecule has 0 unspecified atom stereocenters. The van der Waals surface area contributed by atoms with Crippen LogP contribution in [0.25, 0.3) is 0 Å². The summed E-state index contributed by atoms with van der Waals surface area (Å²) in [6, 6.07) is 14.3. The van der Waals surface area contributed by atoms with E-state index in [1.807, 2.05) is 31.2 Å². The Hall–Kier alpha value is -2.33. The highest BCUT2D eigenvalue weighted by Gasteiger charge is 2.16. The first-order valence-electron chi connectivity index (χ1n) is 8.49. The molecule has 1 N–H and O–H groups in total. The number of ether oxygens (including phenoxy) is 1. The van der Waals surface area contributed by atoms with Crippen molar-refractivity contribution in [2.75, 3.05) is 6.61 Å². The van der Waals surface area contributed by atoms with Crippen LogP contribution in [-0.2, 0) is 14.9 Å². The van der Waals surface area contributed by atoms with Gasteiger partial charge in [-0.1, -0.05) is 56.6 Å². The van der Waals surface area contributed by atoms with E-state index in [0.29, 0.717) is 10.6 Å². The minimum Gasteiger partial charge on any atom is -0.452 e. The summed E-state index contributed by atoms with van der Waals surface area (Å²) in [6.07, 6.45) is 0. The quantitative estimate of drug-likeness (QED) is 0.774. The first-order chi connectivity index (χ1) is 12.2. The number of esters is 1. The van der Waals surface area contributed by atoms with E-state index in [2.05, 4.69) is 26.1 Å². The molecule has 0 bridgehead atoms. The Kier molecular flexibility index (Phi) is 6.43. The number of amides is 1. The van der Waals surface area contributed by atoms with Crippen molar-refractivity contribution in [1.82, 2.24) is 5.32 Å². The summed E-state index contributed by atoms with van der Waals surface area (Å²) in [6.45, 7) is 7.82. The highest BCUT2D eigenvalue weighted by molar-refractivity contribution is 6.30. The number of hydrogen-bond acceptors (Lipinski definition) is 3. The first-order valence-corrected chi connectivity index (χ1v) is 8.87. The maximum atomic E-state index is 12.1. The Bertz CT molecular complexity index is 779. The molecule has 1 atom stereocenters. The fourth-order valence-corrected chi connectivity index (χ4v) is 2.66. The van der Waals surface area contributed by atoms with E-state index in [1.54, 1.807) is 24.3 Å². The second kappa shape index (κ2) is 8.37. The van der Waals surface area contributed by atoms with Gasteiger partial charge < -0.3 is 10.1 Å². The topological polar surface area (TPSA) is 55.4 Å². The Morgan fingerprint density at radius 3 is 2.35 bits per heavy atom. The number of nitrogens with one attached hydrogen (secondary N) is 1. The van der Waals surface area contributed by atoms with Crippen LogP contribution in [0.4, 0.5) is 0 Å². The molecule has 0 heterocycles. The minimum absolute atomic E-state index is 0.0127. The van der Waals surface area contributed by atoms with Gasteiger partial charge in [0.05, 0.1) is 11.6 Å². The second-order valence-electron chi connectivity index (χ2n) is 7.25. The normalized spacial score (nSPS) is 12.3. The molecule has 4 nitrogen and oxygen atoms in total. The Labute approximate surface area is 159 Å². The zero-order chi connectivity index (χ0) is 19.3. The van der Waals surface area contributed by atoms with Crippen molar-refractivity contribution >= 4 is 23.5 Å². The van der Waals surface area contributed by atoms with Crippen LogP contribution < -0.4 is 5.32 Å². The lowest BCUT2D eigenvalue weighted by atomic mass is 9.87. The smallest absolute Gasteiger partial charge is 0.338 e. The third-order valence-electron chi connectivity index (χ3n) is 4.05. The zero-order valence-electron chi connectivity index (χ0n) is 15.5. The zero-order valence-corrected chi connectivity index (χ0v) is 16.3. The minimum atomic E-state index is -0.518. The van der Waals surface area contributed by atoms with Crippen molar-refractivity contribution in [3.63, 3.8) is 0 Å². The van der Waals surface area contributed by atoms with Gasteiger partial charge in [0.15, 0.2) is 6.61 Å². The van der Waals surface area contributed by atoms with Gasteiger partial charge in [-0.25, -0.2) is 4.79 Å². The molecule has 2 rings (SSSR count). The fourth-order valence-electron chi connectivity index (χ4n) is 2.46. The second-order valence-corrected chi connectivity index (χ2v) is 7.68. The summed E-state index contributed by atoms with van der Waals surface area (Å²) in [5.74, 6) is -0.881. The lowest BCUT2D eigenvalue weighted by Gasteiger charge is -2.19. The number of hydrogen-bond donors (Lipinski definition) is 1. The summed E-state index contributed by atoms with van der Waals surface area (Å²) < 4.78 is 5.10. The molecule has 0 saturated heterocycles. The van der Waals surface area contributed by atoms with Gasteiger partial charge in [0, 0.05) is 5.02 Å². The van der Waals surface area contributed by atoms with E-state index < -0.39 is 5.97 Å². The molecule has 0 aliphatic heterocycles. The number of benzene rings is 2. The lowest BCUT2D eigenvalue weighted by Crippen LogP contribution is -2.31. The molecule has 0 fully saturated rings. The van der Waals surface area contributed by atoms with Gasteiger partial charge >= 0.3 is 5.97 Å². The van der Waals surface area contributed by atoms with Crippen LogP contribution in [0, 0.1) is 0 Å². The molecule has 0 spiro atoms. The van der Waals surface area contributed by atoms with Crippen molar-refractivity contribution in [3.05, 3.63) is 70.2 Å². The molecule has 0 radical (unpaired) electrons. The fraction of sp³-hybridized carbons (Fsp3) is 0.333. The highest BCUT2D eigenvalue weighted by atomic mass is 35.5. The van der Waals surface area contributed by atoms with E-state index >= 15 is 0 Å². The van der Waals surface area contributed by atoms with Gasteiger partial charge in [-0.3, -0.25) is 4.79 Å². The van der Waals surface area contributed by atoms with E-state index in [0.717, 1.165) is 11.1 Å². The Balaban J connectivity index is 1.87. The summed E-state index contributed by atoms with van der Waals surface area (Å²) >= 11 is 5.95. The van der Waals surface area contributed by atoms with Gasteiger partial charge in [0.1, 0.15) is 0 Å². The van der Waals surface area contributed by atoms with Crippen molar-refractivity contribution in [1.29, 1.82) is 0 Å². The molecule has 0 saturated carbocycles. The highest BCUT2D eigenvalue weighted by Crippen LogP contribution is 2.22. The molecular weight excluding hydrogens is 350 g/mol. The summed E-state index contributed by atoms with van der Waals surface area (Å²) in [5.41, 5.74) is 2.45. The standard InChI is InChI=1S/C21H24ClNO3/c1-14(16-6-5-7-18(22)12-16)23-19(24)13-26-20(25)15-8-10-17(11-9-15)21(2,3)4/h5-12,14H,13H2,1-4H3,(H,23,24)/t14-/m1/s1. The van der Waals surface area contributed by atoms with Crippen LogP contribution in [0.3, 0.4) is 0 Å². The predicted octanol–water partition coefficient (Wildman–Crippen LogP) is 4.67. The third kappa shape index (κ3) is 5.60. The number of halogens is 1.